The lowest BCUT2D eigenvalue weighted by atomic mass is 9.90. The van der Waals surface area contributed by atoms with Gasteiger partial charge in [0.25, 0.3) is 11.5 Å². The number of piperidine rings is 1. The number of aliphatic hydroxyl groups is 1. The minimum Gasteiger partial charge on any atom is -0.392 e. The molecule has 2 aromatic carbocycles. The number of carbonyl (C=O) groups excluding carboxylic acids is 2. The molecular weight excluding hydrogens is 962 g/mol. The number of anilines is 6. The quantitative estimate of drug-likeness (QED) is 0.106. The Bertz CT molecular complexity index is 3200. The molecule has 20 heteroatoms. The van der Waals surface area contributed by atoms with E-state index in [-0.39, 0.29) is 39.7 Å². The van der Waals surface area contributed by atoms with Crippen molar-refractivity contribution < 1.29 is 36.3 Å². The smallest absolute Gasteiger partial charge is 0.392 e. The second kappa shape index (κ2) is 19.1. The van der Waals surface area contributed by atoms with Gasteiger partial charge in [-0.1, -0.05) is 20.4 Å². The number of hydrogen-bond donors (Lipinski definition) is 3. The number of benzene rings is 2. The van der Waals surface area contributed by atoms with Crippen molar-refractivity contribution in [3.8, 4) is 11.3 Å². The lowest BCUT2D eigenvalue weighted by Crippen LogP contribution is -2.57. The number of nitrogens with zero attached hydrogens (tertiary/aromatic N) is 8. The van der Waals surface area contributed by atoms with Gasteiger partial charge in [0, 0.05) is 106 Å². The Hall–Kier alpha value is -6.51. The number of carbonyl (C=O) groups is 2. The van der Waals surface area contributed by atoms with Crippen LogP contribution in [-0.2, 0) is 47.7 Å². The molecule has 0 bridgehead atoms. The van der Waals surface area contributed by atoms with Crippen LogP contribution in [0.2, 0.25) is 0 Å². The van der Waals surface area contributed by atoms with Crippen molar-refractivity contribution in [1.82, 2.24) is 24.0 Å². The van der Waals surface area contributed by atoms with Crippen molar-refractivity contribution >= 4 is 56.0 Å². The minimum atomic E-state index is -4.93. The molecule has 1 aliphatic carbocycles. The van der Waals surface area contributed by atoms with Crippen LogP contribution in [0, 0.1) is 12.3 Å². The van der Waals surface area contributed by atoms with Crippen LogP contribution in [0.15, 0.2) is 83.3 Å². The van der Waals surface area contributed by atoms with Gasteiger partial charge in [0.05, 0.1) is 28.6 Å². The van der Waals surface area contributed by atoms with Crippen LogP contribution >= 0.6 is 0 Å². The summed E-state index contributed by atoms with van der Waals surface area (Å²) in [7, 11) is -3.09. The summed E-state index contributed by atoms with van der Waals surface area (Å²) >= 11 is 0. The first kappa shape index (κ1) is 51.4. The number of aliphatic hydroxyl groups excluding tert-OH is 1. The van der Waals surface area contributed by atoms with Gasteiger partial charge in [-0.25, -0.2) is 18.4 Å². The lowest BCUT2D eigenvalue weighted by Gasteiger charge is -2.47. The summed E-state index contributed by atoms with van der Waals surface area (Å²) in [5, 5.41) is 17.0. The highest BCUT2D eigenvalue weighted by Crippen LogP contribution is 2.43. The Labute approximate surface area is 423 Å². The minimum absolute atomic E-state index is 0.00147. The highest BCUT2D eigenvalue weighted by molar-refractivity contribution is 7.93. The molecule has 0 radical (unpaired) electrons. The standard InChI is InChI=1S/C53H63F3N10O6S/c1-9-46(68)59-40-26-35(10-12-42(40)64-21-20-63(29-33(64)3)36-15-18-62(19-16-36)37-11-13-45(32(2)24-37)73(71,72)52(6,7)53(54,55)56)58-47-50(70)61(8)30-41(60-47)38-14-17-57-48(39(38)31-67)66-23-22-65-43(49(66)69)25-34-27-51(4,5)28-44(34)65/h9-14,17,24-26,30,33,36,67H,1,15-16,18-23,27-29,31H2,2-8H3,(H,58,60)(H,59,68). The second-order valence-corrected chi connectivity index (χ2v) is 23.6. The molecule has 73 heavy (non-hydrogen) atoms. The molecule has 4 aliphatic rings. The summed E-state index contributed by atoms with van der Waals surface area (Å²) < 4.78 is 68.1. The Morgan fingerprint density at radius 1 is 0.986 bits per heavy atom. The molecule has 2 saturated heterocycles. The van der Waals surface area contributed by atoms with E-state index in [0.29, 0.717) is 86.3 Å². The summed E-state index contributed by atoms with van der Waals surface area (Å²) in [6, 6.07) is 14.0. The zero-order chi connectivity index (χ0) is 52.5. The van der Waals surface area contributed by atoms with Crippen molar-refractivity contribution in [3.63, 3.8) is 0 Å². The highest BCUT2D eigenvalue weighted by Gasteiger charge is 2.57. The number of nitrogens with one attached hydrogen (secondary N) is 2. The number of piperazine rings is 1. The van der Waals surface area contributed by atoms with Gasteiger partial charge in [0.15, 0.2) is 20.4 Å². The van der Waals surface area contributed by atoms with E-state index in [9.17, 15) is 41.1 Å². The van der Waals surface area contributed by atoms with E-state index < -0.39 is 38.8 Å². The molecule has 3 aromatic heterocycles. The zero-order valence-electron chi connectivity index (χ0n) is 42.3. The van der Waals surface area contributed by atoms with Gasteiger partial charge in [0.1, 0.15) is 11.5 Å². The molecule has 16 nitrogen and oxygen atoms in total. The molecule has 1 unspecified atom stereocenters. The van der Waals surface area contributed by atoms with Gasteiger partial charge in [-0.05, 0) is 125 Å². The third-order valence-electron chi connectivity index (χ3n) is 15.2. The SMILES string of the molecule is C=CC(=O)Nc1cc(Nc2nc(-c3ccnc(N4CCn5c(cc6c5CC(C)(C)C6)C4=O)c3CO)cn(C)c2=O)ccc1N1CCN(C2CCN(c3ccc(S(=O)(=O)C(C)(C)C(F)(F)F)c(C)c3)CC2)CC1C. The van der Waals surface area contributed by atoms with E-state index >= 15 is 0 Å². The first-order chi connectivity index (χ1) is 34.4. The van der Waals surface area contributed by atoms with Crippen LogP contribution in [0.3, 0.4) is 0 Å². The molecule has 0 spiro atoms. The van der Waals surface area contributed by atoms with E-state index in [1.165, 1.54) is 34.9 Å². The zero-order valence-corrected chi connectivity index (χ0v) is 43.1. The Kier molecular flexibility index (Phi) is 13.4. The third kappa shape index (κ3) is 9.41. The summed E-state index contributed by atoms with van der Waals surface area (Å²) in [6.45, 7) is 17.2. The number of amides is 2. The predicted octanol–water partition coefficient (Wildman–Crippen LogP) is 7.39. The molecule has 0 saturated carbocycles. The maximum absolute atomic E-state index is 14.1. The number of sulfone groups is 1. The van der Waals surface area contributed by atoms with E-state index in [0.717, 1.165) is 50.1 Å². The Morgan fingerprint density at radius 2 is 1.73 bits per heavy atom. The van der Waals surface area contributed by atoms with E-state index in [2.05, 4.69) is 62.2 Å². The molecule has 2 fully saturated rings. The molecule has 6 heterocycles. The maximum Gasteiger partial charge on any atom is 0.408 e. The number of fused-ring (bicyclic) bond motifs is 3. The molecule has 2 amide bonds. The fourth-order valence-electron chi connectivity index (χ4n) is 11.0. The summed E-state index contributed by atoms with van der Waals surface area (Å²) in [5.74, 6) is -0.277. The van der Waals surface area contributed by atoms with Crippen LogP contribution in [0.25, 0.3) is 11.3 Å². The molecule has 9 rings (SSSR count). The van der Waals surface area contributed by atoms with Gasteiger partial charge in [-0.2, -0.15) is 13.2 Å². The normalized spacial score (nSPS) is 18.7. The van der Waals surface area contributed by atoms with Crippen LogP contribution in [-0.4, -0.2) is 112 Å². The average Bonchev–Trinajstić information content (AvgIpc) is 3.84. The first-order valence-corrected chi connectivity index (χ1v) is 26.1. The fourth-order valence-corrected chi connectivity index (χ4v) is 12.6. The van der Waals surface area contributed by atoms with Crippen LogP contribution in [0.5, 0.6) is 0 Å². The molecule has 3 aliphatic heterocycles. The van der Waals surface area contributed by atoms with E-state index in [1.54, 1.807) is 48.6 Å². The Balaban J connectivity index is 0.890. The van der Waals surface area contributed by atoms with Crippen LogP contribution in [0.1, 0.15) is 80.3 Å². The van der Waals surface area contributed by atoms with Crippen molar-refractivity contribution in [2.24, 2.45) is 12.5 Å². The summed E-state index contributed by atoms with van der Waals surface area (Å²) in [4.78, 5) is 58.1. The van der Waals surface area contributed by atoms with Crippen molar-refractivity contribution in [3.05, 3.63) is 112 Å². The number of halogens is 3. The summed E-state index contributed by atoms with van der Waals surface area (Å²) in [6.07, 6.45) is 2.88. The topological polar surface area (TPSA) is 178 Å². The molecular formula is C53H63F3N10O6S. The molecule has 388 valence electrons. The second-order valence-electron chi connectivity index (χ2n) is 21.1. The number of aromatic nitrogens is 4. The van der Waals surface area contributed by atoms with E-state index in [4.69, 9.17) is 4.98 Å². The monoisotopic (exact) mass is 1020 g/mol. The van der Waals surface area contributed by atoms with Gasteiger partial charge in [-0.15, -0.1) is 0 Å². The maximum atomic E-state index is 14.1. The van der Waals surface area contributed by atoms with E-state index in [1.807, 2.05) is 18.2 Å². The average molecular weight is 1030 g/mol. The van der Waals surface area contributed by atoms with Crippen molar-refractivity contribution in [1.29, 1.82) is 0 Å². The molecule has 3 N–H and O–H groups in total. The first-order valence-electron chi connectivity index (χ1n) is 24.6. The number of hydrogen-bond acceptors (Lipinski definition) is 12. The predicted molar refractivity (Wildman–Crippen MR) is 277 cm³/mol. The molecule has 1 atom stereocenters. The number of pyridine rings is 1. The van der Waals surface area contributed by atoms with Crippen molar-refractivity contribution in [2.45, 2.75) is 108 Å². The number of alkyl halides is 3. The van der Waals surface area contributed by atoms with Crippen molar-refractivity contribution in [2.75, 3.05) is 64.6 Å². The fraction of sp³-hybridized carbons (Fsp3) is 0.453. The van der Waals surface area contributed by atoms with Gasteiger partial charge in [0.2, 0.25) is 5.91 Å². The van der Waals surface area contributed by atoms with Gasteiger partial charge in [-0.3, -0.25) is 24.2 Å². The Morgan fingerprint density at radius 3 is 2.40 bits per heavy atom. The largest absolute Gasteiger partial charge is 0.408 e. The lowest BCUT2D eigenvalue weighted by molar-refractivity contribution is -0.153. The number of rotatable bonds is 12. The van der Waals surface area contributed by atoms with Gasteiger partial charge < -0.3 is 34.7 Å². The van der Waals surface area contributed by atoms with Crippen LogP contribution in [0.4, 0.5) is 47.6 Å². The highest BCUT2D eigenvalue weighted by atomic mass is 32.2. The number of aryl methyl sites for hydroxylation is 2. The van der Waals surface area contributed by atoms with Crippen LogP contribution < -0.4 is 30.9 Å². The van der Waals surface area contributed by atoms with Gasteiger partial charge >= 0.3 is 6.18 Å². The summed E-state index contributed by atoms with van der Waals surface area (Å²) in [5.41, 5.74) is 6.81. The molecule has 5 aromatic rings. The third-order valence-corrected chi connectivity index (χ3v) is 17.9.